The van der Waals surface area contributed by atoms with E-state index in [9.17, 15) is 0 Å². The molecular weight excluding hydrogens is 220 g/mol. The maximum atomic E-state index is 3.53. The van der Waals surface area contributed by atoms with E-state index in [4.69, 9.17) is 0 Å². The average Bonchev–Trinajstić information content (AvgIpc) is 2.61. The van der Waals surface area contributed by atoms with Gasteiger partial charge in [-0.3, -0.25) is 0 Å². The summed E-state index contributed by atoms with van der Waals surface area (Å²) < 4.78 is 0. The van der Waals surface area contributed by atoms with Crippen LogP contribution in [0.15, 0.2) is 0 Å². The summed E-state index contributed by atoms with van der Waals surface area (Å²) >= 11 is 0. The Kier molecular flexibility index (Phi) is 8.70. The van der Waals surface area contributed by atoms with Gasteiger partial charge in [-0.25, -0.2) is 0 Å². The van der Waals surface area contributed by atoms with E-state index in [1.54, 1.807) is 0 Å². The Bertz CT molecular complexity index is 184. The van der Waals surface area contributed by atoms with Crippen molar-refractivity contribution in [1.82, 2.24) is 10.2 Å². The highest BCUT2D eigenvalue weighted by atomic mass is 15.1. The summed E-state index contributed by atoms with van der Waals surface area (Å²) in [5, 5.41) is 3.53. The van der Waals surface area contributed by atoms with Crippen molar-refractivity contribution in [2.45, 2.75) is 71.3 Å². The number of hydrogen-bond donors (Lipinski definition) is 1. The molecule has 0 aliphatic heterocycles. The highest BCUT2D eigenvalue weighted by molar-refractivity contribution is 4.72. The highest BCUT2D eigenvalue weighted by Crippen LogP contribution is 2.21. The topological polar surface area (TPSA) is 15.3 Å². The van der Waals surface area contributed by atoms with Crippen molar-refractivity contribution in [1.29, 1.82) is 0 Å². The molecule has 1 aliphatic carbocycles. The summed E-state index contributed by atoms with van der Waals surface area (Å²) in [5.41, 5.74) is 0. The van der Waals surface area contributed by atoms with Gasteiger partial charge in [-0.15, -0.1) is 0 Å². The van der Waals surface area contributed by atoms with Gasteiger partial charge in [0.2, 0.25) is 0 Å². The Morgan fingerprint density at radius 3 is 2.33 bits per heavy atom. The summed E-state index contributed by atoms with van der Waals surface area (Å²) in [6, 6.07) is 0.871. The molecule has 1 rings (SSSR count). The fourth-order valence-corrected chi connectivity index (χ4v) is 2.88. The first-order chi connectivity index (χ1) is 8.70. The van der Waals surface area contributed by atoms with Gasteiger partial charge < -0.3 is 10.2 Å². The molecular formula is C16H34N2. The third kappa shape index (κ3) is 7.38. The number of hydrogen-bond acceptors (Lipinski definition) is 2. The molecule has 0 radical (unpaired) electrons. The lowest BCUT2D eigenvalue weighted by atomic mass is 10.1. The highest BCUT2D eigenvalue weighted by Gasteiger charge is 2.15. The molecule has 0 atom stereocenters. The van der Waals surface area contributed by atoms with Crippen molar-refractivity contribution >= 4 is 0 Å². The van der Waals surface area contributed by atoms with Crippen LogP contribution >= 0.6 is 0 Å². The van der Waals surface area contributed by atoms with Gasteiger partial charge in [-0.05, 0) is 58.3 Å². The lowest BCUT2D eigenvalue weighted by Gasteiger charge is -2.27. The van der Waals surface area contributed by atoms with Crippen LogP contribution in [0.1, 0.15) is 65.2 Å². The smallest absolute Gasteiger partial charge is 0.00922 e. The van der Waals surface area contributed by atoms with E-state index in [-0.39, 0.29) is 0 Å². The van der Waals surface area contributed by atoms with Gasteiger partial charge in [0.15, 0.2) is 0 Å². The minimum atomic E-state index is 0.777. The molecule has 1 N–H and O–H groups in total. The first kappa shape index (κ1) is 16.0. The Hall–Kier alpha value is -0.0800. The molecule has 18 heavy (non-hydrogen) atoms. The predicted molar refractivity (Wildman–Crippen MR) is 81.1 cm³/mol. The third-order valence-corrected chi connectivity index (χ3v) is 4.12. The van der Waals surface area contributed by atoms with E-state index >= 15 is 0 Å². The zero-order valence-corrected chi connectivity index (χ0v) is 12.9. The minimum Gasteiger partial charge on any atom is -0.316 e. The van der Waals surface area contributed by atoms with Crippen molar-refractivity contribution in [2.75, 3.05) is 26.7 Å². The number of nitrogens with one attached hydrogen (secondary N) is 1. The van der Waals surface area contributed by atoms with Crippen LogP contribution < -0.4 is 5.32 Å². The summed E-state index contributed by atoms with van der Waals surface area (Å²) in [4.78, 5) is 2.62. The quantitative estimate of drug-likeness (QED) is 0.525. The second-order valence-electron chi connectivity index (χ2n) is 6.43. The Morgan fingerprint density at radius 2 is 1.72 bits per heavy atom. The van der Waals surface area contributed by atoms with Crippen LogP contribution in [0.4, 0.5) is 0 Å². The second-order valence-corrected chi connectivity index (χ2v) is 6.43. The van der Waals surface area contributed by atoms with Crippen LogP contribution in [0.25, 0.3) is 0 Å². The molecule has 0 bridgehead atoms. The standard InChI is InChI=1S/C16H34N2/c1-15(2)14-17-12-8-9-13-18(3)16-10-6-4-5-7-11-16/h15-17H,4-14H2,1-3H3. The zero-order valence-electron chi connectivity index (χ0n) is 12.9. The number of nitrogens with zero attached hydrogens (tertiary/aromatic N) is 1. The first-order valence-electron chi connectivity index (χ1n) is 8.11. The fraction of sp³-hybridized carbons (Fsp3) is 1.00. The Morgan fingerprint density at radius 1 is 1.06 bits per heavy atom. The molecule has 0 spiro atoms. The molecule has 0 aromatic rings. The summed E-state index contributed by atoms with van der Waals surface area (Å²) in [6.45, 7) is 8.18. The van der Waals surface area contributed by atoms with Crippen molar-refractivity contribution in [3.05, 3.63) is 0 Å². The first-order valence-corrected chi connectivity index (χ1v) is 8.11. The van der Waals surface area contributed by atoms with Gasteiger partial charge in [-0.2, -0.15) is 0 Å². The number of unbranched alkanes of at least 4 members (excludes halogenated alkanes) is 1. The summed E-state index contributed by atoms with van der Waals surface area (Å²) in [6.07, 6.45) is 11.4. The van der Waals surface area contributed by atoms with E-state index < -0.39 is 0 Å². The van der Waals surface area contributed by atoms with E-state index in [0.717, 1.165) is 12.0 Å². The van der Waals surface area contributed by atoms with Gasteiger partial charge in [0.25, 0.3) is 0 Å². The normalized spacial score (nSPS) is 18.5. The lowest BCUT2D eigenvalue weighted by molar-refractivity contribution is 0.217. The molecule has 1 saturated carbocycles. The van der Waals surface area contributed by atoms with Gasteiger partial charge in [0.1, 0.15) is 0 Å². The van der Waals surface area contributed by atoms with E-state index in [1.807, 2.05) is 0 Å². The molecule has 1 fully saturated rings. The van der Waals surface area contributed by atoms with E-state index in [0.29, 0.717) is 0 Å². The van der Waals surface area contributed by atoms with Crippen LogP contribution in [0, 0.1) is 5.92 Å². The molecule has 0 amide bonds. The molecule has 0 aromatic heterocycles. The maximum absolute atomic E-state index is 3.53. The Balaban J connectivity index is 2.00. The predicted octanol–water partition coefficient (Wildman–Crippen LogP) is 3.67. The van der Waals surface area contributed by atoms with Gasteiger partial charge in [0, 0.05) is 6.04 Å². The molecule has 0 heterocycles. The lowest BCUT2D eigenvalue weighted by Crippen LogP contribution is -2.32. The molecule has 2 nitrogen and oxygen atoms in total. The van der Waals surface area contributed by atoms with Crippen molar-refractivity contribution in [3.63, 3.8) is 0 Å². The largest absolute Gasteiger partial charge is 0.316 e. The Labute approximate surface area is 115 Å². The molecule has 108 valence electrons. The fourth-order valence-electron chi connectivity index (χ4n) is 2.88. The zero-order chi connectivity index (χ0) is 13.2. The average molecular weight is 254 g/mol. The van der Waals surface area contributed by atoms with Crippen molar-refractivity contribution < 1.29 is 0 Å². The van der Waals surface area contributed by atoms with Crippen molar-refractivity contribution in [3.8, 4) is 0 Å². The second kappa shape index (κ2) is 9.80. The van der Waals surface area contributed by atoms with E-state index in [1.165, 1.54) is 71.0 Å². The molecule has 2 heteroatoms. The van der Waals surface area contributed by atoms with Crippen LogP contribution in [-0.2, 0) is 0 Å². The summed E-state index contributed by atoms with van der Waals surface area (Å²) in [7, 11) is 2.33. The molecule has 0 aromatic carbocycles. The van der Waals surface area contributed by atoms with Crippen LogP contribution in [0.3, 0.4) is 0 Å². The SMILES string of the molecule is CC(C)CNCCCCN(C)C1CCCCCC1. The van der Waals surface area contributed by atoms with Gasteiger partial charge in [0.05, 0.1) is 0 Å². The number of rotatable bonds is 8. The van der Waals surface area contributed by atoms with Gasteiger partial charge >= 0.3 is 0 Å². The molecule has 0 unspecified atom stereocenters. The van der Waals surface area contributed by atoms with Crippen LogP contribution in [-0.4, -0.2) is 37.6 Å². The monoisotopic (exact) mass is 254 g/mol. The van der Waals surface area contributed by atoms with E-state index in [2.05, 4.69) is 31.1 Å². The van der Waals surface area contributed by atoms with Crippen molar-refractivity contribution in [2.24, 2.45) is 5.92 Å². The third-order valence-electron chi connectivity index (χ3n) is 4.12. The maximum Gasteiger partial charge on any atom is 0.00922 e. The van der Waals surface area contributed by atoms with Gasteiger partial charge in [-0.1, -0.05) is 39.5 Å². The molecule has 0 saturated heterocycles. The van der Waals surface area contributed by atoms with Crippen LogP contribution in [0.5, 0.6) is 0 Å². The minimum absolute atomic E-state index is 0.777. The van der Waals surface area contributed by atoms with Crippen LogP contribution in [0.2, 0.25) is 0 Å². The summed E-state index contributed by atoms with van der Waals surface area (Å²) in [5.74, 6) is 0.777. The molecule has 1 aliphatic rings.